The number of hydrogen-bond donors (Lipinski definition) is 6. The van der Waals surface area contributed by atoms with Crippen LogP contribution in [-0.2, 0) is 16.1 Å². The lowest BCUT2D eigenvalue weighted by Crippen LogP contribution is -2.43. The summed E-state index contributed by atoms with van der Waals surface area (Å²) in [5.74, 6) is -3.87. The molecule has 42 heavy (non-hydrogen) atoms. The van der Waals surface area contributed by atoms with Crippen LogP contribution in [0.5, 0.6) is 0 Å². The van der Waals surface area contributed by atoms with Crippen LogP contribution in [0.4, 0.5) is 11.6 Å². The molecule has 226 valence electrons. The molecule has 1 aromatic carbocycles. The van der Waals surface area contributed by atoms with Crippen molar-refractivity contribution in [3.63, 3.8) is 0 Å². The highest BCUT2D eigenvalue weighted by molar-refractivity contribution is 5.97. The molecular weight excluding hydrogens is 542 g/mol. The molecule has 13 nitrogen and oxygen atoms in total. The maximum atomic E-state index is 12.8. The molecule has 0 fully saturated rings. The lowest BCUT2D eigenvalue weighted by molar-refractivity contribution is -0.144. The summed E-state index contributed by atoms with van der Waals surface area (Å²) in [6.45, 7) is 2.40. The first-order valence-electron chi connectivity index (χ1n) is 14.3. The average molecular weight is 582 g/mol. The number of amides is 1. The van der Waals surface area contributed by atoms with Crippen molar-refractivity contribution in [3.8, 4) is 0 Å². The van der Waals surface area contributed by atoms with Crippen molar-refractivity contribution in [1.82, 2.24) is 25.3 Å². The maximum Gasteiger partial charge on any atom is 0.326 e. The molecule has 0 saturated heterocycles. The summed E-state index contributed by atoms with van der Waals surface area (Å²) in [4.78, 5) is 63.2. The number of nitrogen functional groups attached to an aromatic ring is 1. The van der Waals surface area contributed by atoms with Crippen molar-refractivity contribution >= 4 is 40.6 Å². The van der Waals surface area contributed by atoms with Gasteiger partial charge in [0, 0.05) is 11.3 Å². The van der Waals surface area contributed by atoms with Gasteiger partial charge in [0.2, 0.25) is 5.95 Å². The summed E-state index contributed by atoms with van der Waals surface area (Å²) < 4.78 is 0. The lowest BCUT2D eigenvalue weighted by Gasteiger charge is -2.19. The van der Waals surface area contributed by atoms with Crippen molar-refractivity contribution in [2.45, 2.75) is 83.7 Å². The summed E-state index contributed by atoms with van der Waals surface area (Å²) >= 11 is 0. The van der Waals surface area contributed by atoms with E-state index in [1.807, 2.05) is 0 Å². The highest BCUT2D eigenvalue weighted by Crippen LogP contribution is 2.19. The number of aromatic nitrogens is 4. The van der Waals surface area contributed by atoms with Crippen LogP contribution in [0.15, 0.2) is 35.3 Å². The van der Waals surface area contributed by atoms with Crippen LogP contribution in [0.1, 0.15) is 87.2 Å². The van der Waals surface area contributed by atoms with Crippen molar-refractivity contribution < 1.29 is 24.6 Å². The number of fused-ring (bicyclic) bond motifs is 1. The third-order valence-electron chi connectivity index (χ3n) is 6.99. The zero-order chi connectivity index (χ0) is 30.5. The monoisotopic (exact) mass is 581 g/mol. The second-order valence-electron chi connectivity index (χ2n) is 10.3. The van der Waals surface area contributed by atoms with Crippen molar-refractivity contribution in [2.75, 3.05) is 11.1 Å². The number of aromatic amines is 1. The number of anilines is 2. The molecular formula is C29H39N7O6. The molecule has 1 amide bonds. The number of carbonyl (C=O) groups is 3. The van der Waals surface area contributed by atoms with Crippen molar-refractivity contribution in [1.29, 1.82) is 0 Å². The first kappa shape index (κ1) is 32.0. The number of H-pyrrole nitrogens is 1. The van der Waals surface area contributed by atoms with Crippen LogP contribution in [0.2, 0.25) is 0 Å². The van der Waals surface area contributed by atoms with Gasteiger partial charge < -0.3 is 26.6 Å². The van der Waals surface area contributed by atoms with Crippen LogP contribution in [0.25, 0.3) is 11.2 Å². The van der Waals surface area contributed by atoms with E-state index >= 15 is 0 Å². The second-order valence-corrected chi connectivity index (χ2v) is 10.3. The molecule has 2 heterocycles. The summed E-state index contributed by atoms with van der Waals surface area (Å²) in [6.07, 6.45) is 10.2. The Morgan fingerprint density at radius 3 is 2.26 bits per heavy atom. The van der Waals surface area contributed by atoms with Gasteiger partial charge in [-0.2, -0.15) is 4.98 Å². The van der Waals surface area contributed by atoms with Gasteiger partial charge in [-0.3, -0.25) is 19.4 Å². The van der Waals surface area contributed by atoms with Crippen LogP contribution in [-0.4, -0.2) is 54.0 Å². The summed E-state index contributed by atoms with van der Waals surface area (Å²) in [5, 5.41) is 24.9. The number of nitrogens with two attached hydrogens (primary N) is 1. The third-order valence-corrected chi connectivity index (χ3v) is 6.99. The van der Waals surface area contributed by atoms with Gasteiger partial charge in [-0.15, -0.1) is 0 Å². The number of nitrogens with one attached hydrogen (secondary N) is 3. The Bertz CT molecular complexity index is 1410. The third kappa shape index (κ3) is 9.82. The molecule has 0 bridgehead atoms. The fourth-order valence-electron chi connectivity index (χ4n) is 4.60. The Morgan fingerprint density at radius 2 is 1.62 bits per heavy atom. The number of hydrogen-bond acceptors (Lipinski definition) is 9. The van der Waals surface area contributed by atoms with E-state index in [4.69, 9.17) is 5.73 Å². The molecule has 7 N–H and O–H groups in total. The Balaban J connectivity index is 1.51. The minimum Gasteiger partial charge on any atom is -0.481 e. The van der Waals surface area contributed by atoms with Gasteiger partial charge in [-0.05, 0) is 37.1 Å². The molecule has 1 unspecified atom stereocenters. The Morgan fingerprint density at radius 1 is 0.952 bits per heavy atom. The summed E-state index contributed by atoms with van der Waals surface area (Å²) in [7, 11) is 0. The minimum absolute atomic E-state index is 0.0491. The molecule has 3 aromatic rings. The van der Waals surface area contributed by atoms with Gasteiger partial charge in [0.25, 0.3) is 11.5 Å². The first-order chi connectivity index (χ1) is 20.2. The summed E-state index contributed by atoms with van der Waals surface area (Å²) in [6, 6.07) is 4.99. The van der Waals surface area contributed by atoms with E-state index in [2.05, 4.69) is 37.5 Å². The van der Waals surface area contributed by atoms with E-state index in [1.165, 1.54) is 44.0 Å². The highest BCUT2D eigenvalue weighted by Gasteiger charge is 2.28. The van der Waals surface area contributed by atoms with E-state index < -0.39 is 35.4 Å². The van der Waals surface area contributed by atoms with Crippen LogP contribution in [0.3, 0.4) is 0 Å². The Kier molecular flexibility index (Phi) is 12.2. The predicted octanol–water partition coefficient (Wildman–Crippen LogP) is 3.71. The Labute approximate surface area is 243 Å². The molecule has 2 atom stereocenters. The molecule has 0 aliphatic carbocycles. The molecule has 3 rings (SSSR count). The van der Waals surface area contributed by atoms with E-state index in [0.717, 1.165) is 19.3 Å². The van der Waals surface area contributed by atoms with Gasteiger partial charge >= 0.3 is 11.9 Å². The standard InChI is InChI=1S/C29H39N7O6/c1-2-3-4-5-6-7-8-9-10-19(27(39)40)15-22(28(41)42)34-25(37)18-11-13-20(14-12-18)31-16-21-17-32-24-23(33-21)26(38)36-29(30)35-24/h11-14,17,19,22,31H,2-10,15-16H2,1H3,(H,34,37)(H,39,40)(H,41,42)(H3,30,32,35,36,38)/t19?,22-/m0/s1. The fraction of sp³-hybridized carbons (Fsp3) is 0.483. The average Bonchev–Trinajstić information content (AvgIpc) is 2.96. The SMILES string of the molecule is CCCCCCCCCCC(C[C@H](NC(=O)c1ccc(NCc2cnc3nc(N)[nH]c(=O)c3n2)cc1)C(=O)O)C(=O)O. The maximum absolute atomic E-state index is 12.8. The van der Waals surface area contributed by atoms with E-state index in [9.17, 15) is 29.4 Å². The van der Waals surface area contributed by atoms with Crippen LogP contribution < -0.4 is 21.9 Å². The lowest BCUT2D eigenvalue weighted by atomic mass is 9.93. The molecule has 0 saturated carbocycles. The first-order valence-corrected chi connectivity index (χ1v) is 14.3. The second kappa shape index (κ2) is 16.0. The van der Waals surface area contributed by atoms with E-state index in [-0.39, 0.29) is 35.6 Å². The van der Waals surface area contributed by atoms with Crippen LogP contribution in [0, 0.1) is 5.92 Å². The fourth-order valence-corrected chi connectivity index (χ4v) is 4.60. The van der Waals surface area contributed by atoms with Gasteiger partial charge in [-0.25, -0.2) is 14.8 Å². The molecule has 13 heteroatoms. The molecule has 0 spiro atoms. The zero-order valence-corrected chi connectivity index (χ0v) is 23.8. The van der Waals surface area contributed by atoms with Crippen LogP contribution >= 0.6 is 0 Å². The Hall–Kier alpha value is -4.55. The minimum atomic E-state index is -1.33. The number of nitrogens with zero attached hydrogens (tertiary/aromatic N) is 3. The normalized spacial score (nSPS) is 12.5. The number of benzene rings is 1. The van der Waals surface area contributed by atoms with Gasteiger partial charge in [0.15, 0.2) is 11.2 Å². The van der Waals surface area contributed by atoms with Crippen molar-refractivity contribution in [2.24, 2.45) is 5.92 Å². The van der Waals surface area contributed by atoms with Crippen molar-refractivity contribution in [3.05, 3.63) is 52.1 Å². The molecule has 0 aliphatic rings. The number of unbranched alkanes of at least 4 members (excludes halogenated alkanes) is 7. The number of carboxylic acid groups (broad SMARTS) is 2. The number of rotatable bonds is 18. The van der Waals surface area contributed by atoms with E-state index in [1.54, 1.807) is 12.1 Å². The summed E-state index contributed by atoms with van der Waals surface area (Å²) in [5.41, 5.74) is 6.57. The number of carboxylic acids is 2. The van der Waals surface area contributed by atoms with Gasteiger partial charge in [0.05, 0.1) is 24.4 Å². The smallest absolute Gasteiger partial charge is 0.326 e. The molecule has 2 aromatic heterocycles. The van der Waals surface area contributed by atoms with Gasteiger partial charge in [-0.1, -0.05) is 58.3 Å². The number of carbonyl (C=O) groups excluding carboxylic acids is 1. The topological polar surface area (TPSA) is 213 Å². The van der Waals surface area contributed by atoms with Gasteiger partial charge in [0.1, 0.15) is 6.04 Å². The largest absolute Gasteiger partial charge is 0.481 e. The van der Waals surface area contributed by atoms with E-state index in [0.29, 0.717) is 24.2 Å². The highest BCUT2D eigenvalue weighted by atomic mass is 16.4. The zero-order valence-electron chi connectivity index (χ0n) is 23.8. The quantitative estimate of drug-likeness (QED) is 0.119. The molecule has 0 radical (unpaired) electrons. The molecule has 0 aliphatic heterocycles. The predicted molar refractivity (Wildman–Crippen MR) is 158 cm³/mol. The number of aliphatic carboxylic acids is 2.